The lowest BCUT2D eigenvalue weighted by molar-refractivity contribution is -0.144. The standard InChI is InChI=1S/C15H16F3N3/c1-4-19-13-8-12(20-14(21-13)15(16,17)18)11-6-5-9(2)7-10(11)3/h5-8H,4H2,1-3H3,(H,19,20,21). The number of rotatable bonds is 3. The van der Waals surface area contributed by atoms with Crippen LogP contribution in [-0.2, 0) is 6.18 Å². The number of hydrogen-bond acceptors (Lipinski definition) is 3. The van der Waals surface area contributed by atoms with Crippen LogP contribution in [0, 0.1) is 13.8 Å². The zero-order chi connectivity index (χ0) is 15.6. The maximum absolute atomic E-state index is 12.9. The Balaban J connectivity index is 2.59. The molecule has 21 heavy (non-hydrogen) atoms. The van der Waals surface area contributed by atoms with Crippen LogP contribution in [0.3, 0.4) is 0 Å². The van der Waals surface area contributed by atoms with Crippen molar-refractivity contribution < 1.29 is 13.2 Å². The van der Waals surface area contributed by atoms with Gasteiger partial charge in [-0.2, -0.15) is 13.2 Å². The largest absolute Gasteiger partial charge is 0.451 e. The van der Waals surface area contributed by atoms with Crippen LogP contribution in [0.2, 0.25) is 0 Å². The first-order valence-corrected chi connectivity index (χ1v) is 6.59. The molecule has 1 N–H and O–H groups in total. The van der Waals surface area contributed by atoms with E-state index in [1.54, 1.807) is 13.0 Å². The van der Waals surface area contributed by atoms with E-state index < -0.39 is 12.0 Å². The van der Waals surface area contributed by atoms with Gasteiger partial charge in [0.25, 0.3) is 0 Å². The average molecular weight is 295 g/mol. The lowest BCUT2D eigenvalue weighted by Gasteiger charge is -2.12. The van der Waals surface area contributed by atoms with Crippen molar-refractivity contribution in [2.75, 3.05) is 11.9 Å². The molecule has 1 aromatic carbocycles. The van der Waals surface area contributed by atoms with E-state index in [2.05, 4.69) is 15.3 Å². The van der Waals surface area contributed by atoms with Crippen LogP contribution in [0.1, 0.15) is 23.9 Å². The molecule has 0 unspecified atom stereocenters. The first kappa shape index (κ1) is 15.3. The highest BCUT2D eigenvalue weighted by Gasteiger charge is 2.35. The minimum atomic E-state index is -4.57. The van der Waals surface area contributed by atoms with E-state index in [0.29, 0.717) is 12.1 Å². The molecule has 0 spiro atoms. The topological polar surface area (TPSA) is 37.8 Å². The molecule has 0 aliphatic carbocycles. The molecule has 0 radical (unpaired) electrons. The van der Waals surface area contributed by atoms with Gasteiger partial charge in [-0.25, -0.2) is 9.97 Å². The number of anilines is 1. The molecule has 2 aromatic rings. The number of halogens is 3. The van der Waals surface area contributed by atoms with Crippen LogP contribution in [0.25, 0.3) is 11.3 Å². The van der Waals surface area contributed by atoms with E-state index in [1.165, 1.54) is 6.07 Å². The monoisotopic (exact) mass is 295 g/mol. The molecule has 0 aliphatic rings. The summed E-state index contributed by atoms with van der Waals surface area (Å²) in [5.74, 6) is -0.953. The molecular weight excluding hydrogens is 279 g/mol. The molecule has 0 amide bonds. The van der Waals surface area contributed by atoms with E-state index in [9.17, 15) is 13.2 Å². The van der Waals surface area contributed by atoms with Gasteiger partial charge in [-0.1, -0.05) is 23.8 Å². The van der Waals surface area contributed by atoms with Gasteiger partial charge >= 0.3 is 6.18 Å². The molecule has 0 atom stereocenters. The van der Waals surface area contributed by atoms with E-state index in [-0.39, 0.29) is 11.5 Å². The molecular formula is C15H16F3N3. The van der Waals surface area contributed by atoms with E-state index in [1.807, 2.05) is 26.0 Å². The van der Waals surface area contributed by atoms with E-state index >= 15 is 0 Å². The fourth-order valence-electron chi connectivity index (χ4n) is 2.08. The first-order chi connectivity index (χ1) is 9.81. The molecule has 0 fully saturated rings. The summed E-state index contributed by atoms with van der Waals surface area (Å²) in [4.78, 5) is 7.19. The number of hydrogen-bond donors (Lipinski definition) is 1. The van der Waals surface area contributed by atoms with Crippen molar-refractivity contribution >= 4 is 5.82 Å². The quantitative estimate of drug-likeness (QED) is 0.921. The number of nitrogens with zero attached hydrogens (tertiary/aromatic N) is 2. The Kier molecular flexibility index (Phi) is 4.16. The fourth-order valence-corrected chi connectivity index (χ4v) is 2.08. The summed E-state index contributed by atoms with van der Waals surface area (Å²) in [7, 11) is 0. The van der Waals surface area contributed by atoms with Gasteiger partial charge < -0.3 is 5.32 Å². The summed E-state index contributed by atoms with van der Waals surface area (Å²) in [5.41, 5.74) is 2.87. The van der Waals surface area contributed by atoms with Crippen LogP contribution >= 0.6 is 0 Å². The van der Waals surface area contributed by atoms with Crippen molar-refractivity contribution in [2.24, 2.45) is 0 Å². The van der Waals surface area contributed by atoms with Crippen molar-refractivity contribution in [3.63, 3.8) is 0 Å². The molecule has 0 saturated heterocycles. The third kappa shape index (κ3) is 3.51. The van der Waals surface area contributed by atoms with Gasteiger partial charge in [0.1, 0.15) is 5.82 Å². The second kappa shape index (κ2) is 5.71. The predicted molar refractivity (Wildman–Crippen MR) is 76.1 cm³/mol. The number of alkyl halides is 3. The SMILES string of the molecule is CCNc1cc(-c2ccc(C)cc2C)nc(C(F)(F)F)n1. The summed E-state index contributed by atoms with van der Waals surface area (Å²) in [5, 5.41) is 2.81. The zero-order valence-corrected chi connectivity index (χ0v) is 12.0. The molecule has 3 nitrogen and oxygen atoms in total. The lowest BCUT2D eigenvalue weighted by atomic mass is 10.0. The molecule has 0 saturated carbocycles. The first-order valence-electron chi connectivity index (χ1n) is 6.59. The van der Waals surface area contributed by atoms with Crippen molar-refractivity contribution in [1.82, 2.24) is 9.97 Å². The van der Waals surface area contributed by atoms with Gasteiger partial charge in [0, 0.05) is 18.2 Å². The maximum atomic E-state index is 12.9. The summed E-state index contributed by atoms with van der Waals surface area (Å²) in [6.07, 6.45) is -4.57. The third-order valence-electron chi connectivity index (χ3n) is 3.00. The van der Waals surface area contributed by atoms with Crippen LogP contribution in [0.5, 0.6) is 0 Å². The zero-order valence-electron chi connectivity index (χ0n) is 12.0. The van der Waals surface area contributed by atoms with Gasteiger partial charge in [0.2, 0.25) is 5.82 Å². The van der Waals surface area contributed by atoms with Gasteiger partial charge in [-0.3, -0.25) is 0 Å². The smallest absolute Gasteiger partial charge is 0.370 e. The summed E-state index contributed by atoms with van der Waals surface area (Å²) < 4.78 is 38.7. The van der Waals surface area contributed by atoms with Crippen molar-refractivity contribution in [3.8, 4) is 11.3 Å². The molecule has 1 aromatic heterocycles. The molecule has 1 heterocycles. The Morgan fingerprint density at radius 2 is 1.81 bits per heavy atom. The summed E-state index contributed by atoms with van der Waals surface area (Å²) >= 11 is 0. The van der Waals surface area contributed by atoms with Crippen LogP contribution < -0.4 is 5.32 Å². The van der Waals surface area contributed by atoms with Crippen LogP contribution in [0.4, 0.5) is 19.0 Å². The van der Waals surface area contributed by atoms with E-state index in [4.69, 9.17) is 0 Å². The van der Waals surface area contributed by atoms with Crippen molar-refractivity contribution in [1.29, 1.82) is 0 Å². The van der Waals surface area contributed by atoms with Crippen molar-refractivity contribution in [3.05, 3.63) is 41.2 Å². The molecule has 112 valence electrons. The second-order valence-electron chi connectivity index (χ2n) is 4.81. The Morgan fingerprint density at radius 1 is 1.10 bits per heavy atom. The second-order valence-corrected chi connectivity index (χ2v) is 4.81. The Bertz CT molecular complexity index is 651. The fraction of sp³-hybridized carbons (Fsp3) is 0.333. The van der Waals surface area contributed by atoms with Crippen LogP contribution in [0.15, 0.2) is 24.3 Å². The average Bonchev–Trinajstić information content (AvgIpc) is 2.37. The third-order valence-corrected chi connectivity index (χ3v) is 3.00. The Morgan fingerprint density at radius 3 is 2.38 bits per heavy atom. The number of aryl methyl sites for hydroxylation is 2. The normalized spacial score (nSPS) is 11.5. The van der Waals surface area contributed by atoms with Gasteiger partial charge in [-0.15, -0.1) is 0 Å². The Hall–Kier alpha value is -2.11. The summed E-state index contributed by atoms with van der Waals surface area (Å²) in [6.45, 7) is 6.07. The van der Waals surface area contributed by atoms with Crippen molar-refractivity contribution in [2.45, 2.75) is 26.9 Å². The van der Waals surface area contributed by atoms with Gasteiger partial charge in [0.15, 0.2) is 0 Å². The Labute approximate surface area is 121 Å². The minimum Gasteiger partial charge on any atom is -0.370 e. The lowest BCUT2D eigenvalue weighted by Crippen LogP contribution is -2.14. The van der Waals surface area contributed by atoms with Gasteiger partial charge in [0.05, 0.1) is 5.69 Å². The molecule has 2 rings (SSSR count). The predicted octanol–water partition coefficient (Wildman–Crippen LogP) is 4.21. The maximum Gasteiger partial charge on any atom is 0.451 e. The highest BCUT2D eigenvalue weighted by Crippen LogP contribution is 2.31. The number of aromatic nitrogens is 2. The highest BCUT2D eigenvalue weighted by atomic mass is 19.4. The summed E-state index contributed by atoms with van der Waals surface area (Å²) in [6, 6.07) is 7.08. The van der Waals surface area contributed by atoms with Gasteiger partial charge in [-0.05, 0) is 26.3 Å². The number of nitrogens with one attached hydrogen (secondary N) is 1. The molecule has 6 heteroatoms. The number of benzene rings is 1. The van der Waals surface area contributed by atoms with E-state index in [0.717, 1.165) is 11.1 Å². The van der Waals surface area contributed by atoms with Crippen LogP contribution in [-0.4, -0.2) is 16.5 Å². The molecule has 0 aliphatic heterocycles. The highest BCUT2D eigenvalue weighted by molar-refractivity contribution is 5.66. The molecule has 0 bridgehead atoms. The minimum absolute atomic E-state index is 0.176.